The highest BCUT2D eigenvalue weighted by atomic mass is 127. The predicted octanol–water partition coefficient (Wildman–Crippen LogP) is -1.49. The van der Waals surface area contributed by atoms with E-state index < -0.39 is 32.0 Å². The predicted molar refractivity (Wildman–Crippen MR) is 60.9 cm³/mol. The maximum atomic E-state index is 11.1. The molecule has 0 amide bonds. The monoisotopic (exact) mass is 430 g/mol. The number of esters is 1. The molecule has 0 bridgehead atoms. The van der Waals surface area contributed by atoms with E-state index in [2.05, 4.69) is 4.74 Å². The van der Waals surface area contributed by atoms with Crippen LogP contribution in [0.4, 0.5) is 0 Å². The number of aliphatic hydroxyl groups is 4. The third-order valence-corrected chi connectivity index (χ3v) is 5.57. The van der Waals surface area contributed by atoms with Gasteiger partial charge in [-0.1, -0.05) is 0 Å². The molecule has 1 aliphatic rings. The Morgan fingerprint density at radius 2 is 2.00 bits per heavy atom. The first kappa shape index (κ1) is 12.8. The van der Waals surface area contributed by atoms with Gasteiger partial charge in [-0.2, -0.15) is 0 Å². The zero-order valence-corrected chi connectivity index (χ0v) is 11.0. The van der Waals surface area contributed by atoms with E-state index in [1.165, 1.54) is 45.2 Å². The molecule has 1 fully saturated rings. The maximum Gasteiger partial charge on any atom is 0.353 e. The number of carbonyl (C=O) groups excluding carboxylic acids is 1. The van der Waals surface area contributed by atoms with Crippen LogP contribution in [0.1, 0.15) is 0 Å². The Morgan fingerprint density at radius 3 is 2.29 bits per heavy atom. The number of rotatable bonds is 2. The van der Waals surface area contributed by atoms with E-state index in [1.54, 1.807) is 0 Å². The van der Waals surface area contributed by atoms with Gasteiger partial charge in [0.25, 0.3) is 3.61 Å². The van der Waals surface area contributed by atoms with Crippen molar-refractivity contribution in [2.45, 2.75) is 19.4 Å². The lowest BCUT2D eigenvalue weighted by molar-refractivity contribution is -0.152. The van der Waals surface area contributed by atoms with E-state index >= 15 is 0 Å². The quantitative estimate of drug-likeness (QED) is 0.242. The molecule has 1 heterocycles. The van der Waals surface area contributed by atoms with Crippen LogP contribution in [0.2, 0.25) is 0 Å². The van der Waals surface area contributed by atoms with Crippen LogP contribution in [-0.4, -0.2) is 52.4 Å². The second kappa shape index (κ2) is 3.97. The van der Waals surface area contributed by atoms with Crippen LogP contribution < -0.4 is 0 Å². The minimum Gasteiger partial charge on any atom is -0.453 e. The summed E-state index contributed by atoms with van der Waals surface area (Å²) in [6.45, 7) is -0.671. The molecule has 14 heavy (non-hydrogen) atoms. The molecule has 0 aliphatic carbocycles. The molecule has 1 rings (SSSR count). The van der Waals surface area contributed by atoms with Crippen LogP contribution in [0.3, 0.4) is 0 Å². The Morgan fingerprint density at radius 1 is 1.50 bits per heavy atom. The van der Waals surface area contributed by atoms with Gasteiger partial charge >= 0.3 is 5.97 Å². The summed E-state index contributed by atoms with van der Waals surface area (Å²) in [5.41, 5.74) is 0. The van der Waals surface area contributed by atoms with Gasteiger partial charge in [0, 0.05) is 0 Å². The SMILES string of the molecule is O=C1O[C@H]([C@@H](O)CO)C(O)(I)C1(O)I. The lowest BCUT2D eigenvalue weighted by Crippen LogP contribution is -2.53. The lowest BCUT2D eigenvalue weighted by Gasteiger charge is -2.28. The fraction of sp³-hybridized carbons (Fsp3) is 0.833. The minimum absolute atomic E-state index is 0.671. The van der Waals surface area contributed by atoms with Gasteiger partial charge in [0.15, 0.2) is 6.10 Å². The van der Waals surface area contributed by atoms with Crippen LogP contribution in [0, 0.1) is 0 Å². The van der Waals surface area contributed by atoms with Crippen LogP contribution >= 0.6 is 45.2 Å². The molecule has 0 aromatic rings. The van der Waals surface area contributed by atoms with Gasteiger partial charge in [-0.15, -0.1) is 0 Å². The summed E-state index contributed by atoms with van der Waals surface area (Å²) < 4.78 is 0.494. The van der Waals surface area contributed by atoms with Crippen molar-refractivity contribution in [3.63, 3.8) is 0 Å². The summed E-state index contributed by atoms with van der Waals surface area (Å²) >= 11 is 2.74. The van der Waals surface area contributed by atoms with Crippen LogP contribution in [0.25, 0.3) is 0 Å². The Labute approximate surface area is 107 Å². The highest BCUT2D eigenvalue weighted by Crippen LogP contribution is 2.46. The van der Waals surface area contributed by atoms with Crippen molar-refractivity contribution < 1.29 is 30.0 Å². The largest absolute Gasteiger partial charge is 0.453 e. The van der Waals surface area contributed by atoms with Crippen LogP contribution in [0.15, 0.2) is 0 Å². The van der Waals surface area contributed by atoms with Gasteiger partial charge in [0.1, 0.15) is 6.10 Å². The van der Waals surface area contributed by atoms with Crippen molar-refractivity contribution in [1.29, 1.82) is 0 Å². The first-order valence-electron chi connectivity index (χ1n) is 3.57. The van der Waals surface area contributed by atoms with Gasteiger partial charge in [0.05, 0.1) is 6.61 Å². The molecule has 0 aromatic carbocycles. The van der Waals surface area contributed by atoms with E-state index in [4.69, 9.17) is 5.11 Å². The van der Waals surface area contributed by atoms with E-state index in [-0.39, 0.29) is 0 Å². The summed E-state index contributed by atoms with van der Waals surface area (Å²) in [4.78, 5) is 11.1. The van der Waals surface area contributed by atoms with Crippen molar-refractivity contribution in [2.24, 2.45) is 0 Å². The number of hydrogen-bond donors (Lipinski definition) is 4. The number of cyclic esters (lactones) is 1. The fourth-order valence-electron chi connectivity index (χ4n) is 1.03. The summed E-state index contributed by atoms with van der Waals surface area (Å²) in [5.74, 6) is -1.03. The van der Waals surface area contributed by atoms with E-state index in [0.29, 0.717) is 0 Å². The lowest BCUT2D eigenvalue weighted by atomic mass is 10.1. The molecule has 2 unspecified atom stereocenters. The maximum absolute atomic E-state index is 11.1. The van der Waals surface area contributed by atoms with E-state index in [0.717, 1.165) is 0 Å². The van der Waals surface area contributed by atoms with Crippen LogP contribution in [-0.2, 0) is 9.53 Å². The number of hydrogen-bond acceptors (Lipinski definition) is 6. The molecule has 4 atom stereocenters. The topological polar surface area (TPSA) is 107 Å². The molecular formula is C6H8I2O6. The van der Waals surface area contributed by atoms with Gasteiger partial charge in [0.2, 0.25) is 3.61 Å². The Bertz CT molecular complexity index is 253. The molecule has 1 saturated heterocycles. The Hall–Kier alpha value is 0.770. The van der Waals surface area contributed by atoms with Crippen molar-refractivity contribution in [3.05, 3.63) is 0 Å². The fourth-order valence-corrected chi connectivity index (χ4v) is 2.23. The van der Waals surface area contributed by atoms with Crippen molar-refractivity contribution in [2.75, 3.05) is 6.61 Å². The zero-order chi connectivity index (χ0) is 11.1. The number of carbonyl (C=O) groups is 1. The van der Waals surface area contributed by atoms with Gasteiger partial charge in [-0.3, -0.25) is 0 Å². The highest BCUT2D eigenvalue weighted by Gasteiger charge is 2.66. The molecule has 0 radical (unpaired) electrons. The standard InChI is InChI=1S/C6H8I2O6/c7-5(12)3(2(10)1-9)14-4(11)6(5,8)13/h2-3,9-10,12-13H,1H2/t2-,3+,5?,6?/m0/s1. The average Bonchev–Trinajstić information content (AvgIpc) is 2.25. The summed E-state index contributed by atoms with van der Waals surface area (Å²) in [6.07, 6.45) is -2.77. The summed E-state index contributed by atoms with van der Waals surface area (Å²) in [7, 11) is 0. The number of alkyl halides is 2. The molecule has 0 aromatic heterocycles. The van der Waals surface area contributed by atoms with E-state index in [1.807, 2.05) is 0 Å². The van der Waals surface area contributed by atoms with Gasteiger partial charge in [-0.25, -0.2) is 4.79 Å². The Balaban J connectivity index is 2.99. The normalized spacial score (nSPS) is 45.0. The number of halogens is 2. The van der Waals surface area contributed by atoms with Gasteiger partial charge in [-0.05, 0) is 45.2 Å². The molecule has 82 valence electrons. The van der Waals surface area contributed by atoms with Gasteiger partial charge < -0.3 is 25.2 Å². The zero-order valence-electron chi connectivity index (χ0n) is 6.72. The highest BCUT2D eigenvalue weighted by molar-refractivity contribution is 14.1. The number of aliphatic hydroxyl groups excluding tert-OH is 2. The second-order valence-corrected chi connectivity index (χ2v) is 6.08. The minimum atomic E-state index is -2.12. The molecule has 4 N–H and O–H groups in total. The third kappa shape index (κ3) is 1.75. The molecule has 1 aliphatic heterocycles. The first-order valence-corrected chi connectivity index (χ1v) is 5.73. The van der Waals surface area contributed by atoms with Crippen molar-refractivity contribution >= 4 is 51.2 Å². The summed E-state index contributed by atoms with van der Waals surface area (Å²) in [6, 6.07) is 0. The molecule has 0 saturated carbocycles. The molecule has 6 nitrogen and oxygen atoms in total. The third-order valence-electron chi connectivity index (χ3n) is 1.88. The van der Waals surface area contributed by atoms with E-state index in [9.17, 15) is 20.1 Å². The van der Waals surface area contributed by atoms with Crippen molar-refractivity contribution in [3.8, 4) is 0 Å². The Kier molecular flexibility index (Phi) is 3.64. The van der Waals surface area contributed by atoms with Crippen molar-refractivity contribution in [1.82, 2.24) is 0 Å². The number of ether oxygens (including phenoxy) is 1. The average molecular weight is 430 g/mol. The first-order chi connectivity index (χ1) is 6.25. The smallest absolute Gasteiger partial charge is 0.353 e. The molecule has 0 spiro atoms. The molecule has 8 heteroatoms. The molecular weight excluding hydrogens is 422 g/mol. The second-order valence-electron chi connectivity index (χ2n) is 2.87. The van der Waals surface area contributed by atoms with Crippen LogP contribution in [0.5, 0.6) is 0 Å². The summed E-state index contributed by atoms with van der Waals surface area (Å²) in [5, 5.41) is 37.2.